The van der Waals surface area contributed by atoms with Crippen LogP contribution < -0.4 is 11.3 Å². The van der Waals surface area contributed by atoms with Crippen molar-refractivity contribution in [1.29, 1.82) is 0 Å². The van der Waals surface area contributed by atoms with E-state index in [4.69, 9.17) is 29.0 Å². The van der Waals surface area contributed by atoms with Crippen molar-refractivity contribution in [2.45, 2.75) is 19.3 Å². The number of nitrogens with zero attached hydrogens (tertiary/aromatic N) is 1. The number of hydrogen-bond acceptors (Lipinski definition) is 3. The van der Waals surface area contributed by atoms with Gasteiger partial charge in [0.15, 0.2) is 0 Å². The van der Waals surface area contributed by atoms with Crippen LogP contribution in [0.25, 0.3) is 10.9 Å². The minimum atomic E-state index is 0.496. The number of halogens is 2. The Bertz CT molecular complexity index is 610. The summed E-state index contributed by atoms with van der Waals surface area (Å²) in [6, 6.07) is 3.68. The second kappa shape index (κ2) is 4.02. The number of nitrogen functional groups attached to an aromatic ring is 1. The van der Waals surface area contributed by atoms with E-state index in [0.717, 1.165) is 41.5 Å². The molecule has 1 heterocycles. The fourth-order valence-electron chi connectivity index (χ4n) is 2.43. The number of benzene rings is 1. The molecule has 0 bridgehead atoms. The van der Waals surface area contributed by atoms with Crippen molar-refractivity contribution >= 4 is 39.8 Å². The Hall–Kier alpha value is -1.03. The van der Waals surface area contributed by atoms with Crippen LogP contribution in [0.5, 0.6) is 0 Å². The largest absolute Gasteiger partial charge is 0.323 e. The summed E-state index contributed by atoms with van der Waals surface area (Å²) < 4.78 is 0. The Labute approximate surface area is 109 Å². The third-order valence-electron chi connectivity index (χ3n) is 3.22. The van der Waals surface area contributed by atoms with E-state index in [1.54, 1.807) is 6.07 Å². The number of rotatable bonds is 1. The SMILES string of the molecule is NNc1c2c(nc3c(Cl)c(Cl)ccc13)CCC2. The molecule has 88 valence electrons. The number of fused-ring (bicyclic) bond motifs is 2. The van der Waals surface area contributed by atoms with Crippen molar-refractivity contribution in [1.82, 2.24) is 4.98 Å². The van der Waals surface area contributed by atoms with Gasteiger partial charge >= 0.3 is 0 Å². The molecule has 17 heavy (non-hydrogen) atoms. The van der Waals surface area contributed by atoms with Crippen LogP contribution in [0.15, 0.2) is 12.1 Å². The van der Waals surface area contributed by atoms with Crippen LogP contribution in [0.1, 0.15) is 17.7 Å². The van der Waals surface area contributed by atoms with E-state index in [1.165, 1.54) is 5.56 Å². The molecule has 0 atom stereocenters. The Morgan fingerprint density at radius 1 is 1.24 bits per heavy atom. The van der Waals surface area contributed by atoms with Gasteiger partial charge < -0.3 is 5.43 Å². The highest BCUT2D eigenvalue weighted by Gasteiger charge is 2.20. The molecule has 0 radical (unpaired) electrons. The lowest BCUT2D eigenvalue weighted by Crippen LogP contribution is -2.10. The summed E-state index contributed by atoms with van der Waals surface area (Å²) in [6.45, 7) is 0. The first-order chi connectivity index (χ1) is 8.22. The third-order valence-corrected chi connectivity index (χ3v) is 4.01. The lowest BCUT2D eigenvalue weighted by Gasteiger charge is -2.12. The molecular formula is C12H11Cl2N3. The maximum absolute atomic E-state index is 6.19. The highest BCUT2D eigenvalue weighted by Crippen LogP contribution is 2.38. The second-order valence-corrected chi connectivity index (χ2v) is 4.95. The first-order valence-electron chi connectivity index (χ1n) is 5.48. The lowest BCUT2D eigenvalue weighted by molar-refractivity contribution is 0.901. The number of aromatic nitrogens is 1. The van der Waals surface area contributed by atoms with E-state index in [1.807, 2.05) is 6.07 Å². The minimum Gasteiger partial charge on any atom is -0.323 e. The van der Waals surface area contributed by atoms with Crippen molar-refractivity contribution in [3.8, 4) is 0 Å². The number of hydrogen-bond donors (Lipinski definition) is 2. The predicted octanol–water partition coefficient (Wildman–Crippen LogP) is 3.32. The Kier molecular flexibility index (Phi) is 2.62. The van der Waals surface area contributed by atoms with Crippen LogP contribution in [0, 0.1) is 0 Å². The lowest BCUT2D eigenvalue weighted by atomic mass is 10.1. The summed E-state index contributed by atoms with van der Waals surface area (Å²) in [5.41, 5.74) is 6.72. The van der Waals surface area contributed by atoms with Gasteiger partial charge in [-0.05, 0) is 37.0 Å². The molecule has 0 spiro atoms. The molecule has 1 aromatic carbocycles. The highest BCUT2D eigenvalue weighted by atomic mass is 35.5. The third kappa shape index (κ3) is 1.58. The maximum Gasteiger partial charge on any atom is 0.0928 e. The van der Waals surface area contributed by atoms with Crippen LogP contribution in [0.2, 0.25) is 10.0 Å². The first kappa shape index (κ1) is 11.1. The van der Waals surface area contributed by atoms with Gasteiger partial charge in [-0.25, -0.2) is 0 Å². The van der Waals surface area contributed by atoms with Crippen LogP contribution in [-0.2, 0) is 12.8 Å². The maximum atomic E-state index is 6.19. The monoisotopic (exact) mass is 267 g/mol. The van der Waals surface area contributed by atoms with Gasteiger partial charge in [0, 0.05) is 11.1 Å². The molecule has 1 aromatic heterocycles. The summed E-state index contributed by atoms with van der Waals surface area (Å²) in [6.07, 6.45) is 3.10. The summed E-state index contributed by atoms with van der Waals surface area (Å²) in [7, 11) is 0. The fourth-order valence-corrected chi connectivity index (χ4v) is 2.79. The van der Waals surface area contributed by atoms with Gasteiger partial charge in [-0.3, -0.25) is 10.8 Å². The molecule has 3 N–H and O–H groups in total. The minimum absolute atomic E-state index is 0.496. The average molecular weight is 268 g/mol. The highest BCUT2D eigenvalue weighted by molar-refractivity contribution is 6.45. The number of pyridine rings is 1. The first-order valence-corrected chi connectivity index (χ1v) is 6.24. The van der Waals surface area contributed by atoms with E-state index >= 15 is 0 Å². The predicted molar refractivity (Wildman–Crippen MR) is 71.6 cm³/mol. The zero-order valence-corrected chi connectivity index (χ0v) is 10.6. The van der Waals surface area contributed by atoms with Crippen molar-refractivity contribution in [2.75, 3.05) is 5.43 Å². The van der Waals surface area contributed by atoms with Gasteiger partial charge in [0.1, 0.15) is 0 Å². The van der Waals surface area contributed by atoms with Crippen molar-refractivity contribution < 1.29 is 0 Å². The van der Waals surface area contributed by atoms with Crippen molar-refractivity contribution in [2.24, 2.45) is 5.84 Å². The van der Waals surface area contributed by atoms with Crippen LogP contribution >= 0.6 is 23.2 Å². The van der Waals surface area contributed by atoms with Gasteiger partial charge in [-0.1, -0.05) is 23.2 Å². The van der Waals surface area contributed by atoms with Gasteiger partial charge in [-0.15, -0.1) is 0 Å². The molecular weight excluding hydrogens is 257 g/mol. The van der Waals surface area contributed by atoms with Gasteiger partial charge in [0.25, 0.3) is 0 Å². The summed E-state index contributed by atoms with van der Waals surface area (Å²) in [5, 5.41) is 1.95. The molecule has 2 aromatic rings. The number of nitrogens with one attached hydrogen (secondary N) is 1. The average Bonchev–Trinajstić information content (AvgIpc) is 2.79. The zero-order chi connectivity index (χ0) is 12.0. The summed E-state index contributed by atoms with van der Waals surface area (Å²) in [5.74, 6) is 5.62. The molecule has 0 saturated carbocycles. The van der Waals surface area contributed by atoms with E-state index in [9.17, 15) is 0 Å². The number of aryl methyl sites for hydroxylation is 1. The molecule has 3 nitrogen and oxygen atoms in total. The van der Waals surface area contributed by atoms with Gasteiger partial charge in [-0.2, -0.15) is 0 Å². The van der Waals surface area contributed by atoms with E-state index in [-0.39, 0.29) is 0 Å². The van der Waals surface area contributed by atoms with Crippen LogP contribution in [0.4, 0.5) is 5.69 Å². The molecule has 0 amide bonds. The molecule has 3 rings (SSSR count). The molecule has 0 aliphatic heterocycles. The number of hydrazine groups is 1. The number of anilines is 1. The Morgan fingerprint density at radius 3 is 2.82 bits per heavy atom. The molecule has 0 unspecified atom stereocenters. The van der Waals surface area contributed by atoms with Gasteiger partial charge in [0.2, 0.25) is 0 Å². The molecule has 1 aliphatic carbocycles. The van der Waals surface area contributed by atoms with Crippen molar-refractivity contribution in [3.05, 3.63) is 33.4 Å². The summed E-state index contributed by atoms with van der Waals surface area (Å²) in [4.78, 5) is 4.61. The second-order valence-electron chi connectivity index (χ2n) is 4.17. The molecule has 0 fully saturated rings. The zero-order valence-electron chi connectivity index (χ0n) is 9.06. The topological polar surface area (TPSA) is 50.9 Å². The summed E-state index contributed by atoms with van der Waals surface area (Å²) >= 11 is 12.2. The van der Waals surface area contributed by atoms with Gasteiger partial charge in [0.05, 0.1) is 21.2 Å². The molecule has 5 heteroatoms. The normalized spacial score (nSPS) is 14.1. The quantitative estimate of drug-likeness (QED) is 0.616. The smallest absolute Gasteiger partial charge is 0.0928 e. The van der Waals surface area contributed by atoms with E-state index in [2.05, 4.69) is 10.4 Å². The van der Waals surface area contributed by atoms with E-state index < -0.39 is 0 Å². The standard InChI is InChI=1S/C12H11Cl2N3/c13-8-5-4-7-11(17-15)6-2-1-3-9(6)16-12(7)10(8)14/h4-5H,1-3,15H2,(H,16,17). The Morgan fingerprint density at radius 2 is 2.06 bits per heavy atom. The number of nitrogens with two attached hydrogens (primary N) is 1. The fraction of sp³-hybridized carbons (Fsp3) is 0.250. The van der Waals surface area contributed by atoms with Crippen LogP contribution in [-0.4, -0.2) is 4.98 Å². The molecule has 1 aliphatic rings. The Balaban J connectivity index is 2.44. The van der Waals surface area contributed by atoms with Crippen LogP contribution in [0.3, 0.4) is 0 Å². The van der Waals surface area contributed by atoms with Crippen molar-refractivity contribution in [3.63, 3.8) is 0 Å². The molecule has 0 saturated heterocycles. The van der Waals surface area contributed by atoms with E-state index in [0.29, 0.717) is 10.0 Å².